The highest BCUT2D eigenvalue weighted by atomic mass is 16.6. The largest absolute Gasteiger partial charge is 0.447 e. The molecule has 0 bridgehead atoms. The van der Waals surface area contributed by atoms with Crippen LogP contribution in [0, 0.1) is 5.92 Å². The molecule has 2 aromatic rings. The fraction of sp³-hybridized carbons (Fsp3) is 0.375. The maximum Gasteiger partial charge on any atom is 0.411 e. The Labute approximate surface area is 187 Å². The second-order valence-electron chi connectivity index (χ2n) is 7.98. The molecule has 1 atom stereocenters. The van der Waals surface area contributed by atoms with Crippen LogP contribution in [-0.4, -0.2) is 44.8 Å². The number of nitrogens with one attached hydrogen (secondary N) is 2. The van der Waals surface area contributed by atoms with Crippen LogP contribution in [0.4, 0.5) is 21.9 Å². The van der Waals surface area contributed by atoms with Crippen LogP contribution >= 0.6 is 0 Å². The van der Waals surface area contributed by atoms with Crippen molar-refractivity contribution < 1.29 is 23.9 Å². The molecule has 0 saturated carbocycles. The van der Waals surface area contributed by atoms with E-state index in [1.165, 1.54) is 7.11 Å². The van der Waals surface area contributed by atoms with Gasteiger partial charge in [0.05, 0.1) is 12.5 Å². The van der Waals surface area contributed by atoms with Crippen LogP contribution in [0.15, 0.2) is 48.5 Å². The molecule has 8 nitrogen and oxygen atoms in total. The van der Waals surface area contributed by atoms with Crippen molar-refractivity contribution in [3.63, 3.8) is 0 Å². The predicted molar refractivity (Wildman–Crippen MR) is 123 cm³/mol. The standard InChI is InChI=1S/C24H29N3O5/c1-16(2)17-6-4-9-21(12-17)27-15-18(13-22(27)28)23(29)25-19-7-5-8-20(14-19)26-24(30)32-11-10-31-3/h4-9,12,14,16,18H,10-11,13,15H2,1-3H3,(H,25,29)(H,26,30). The molecular formula is C24H29N3O5. The summed E-state index contributed by atoms with van der Waals surface area (Å²) in [4.78, 5) is 38.8. The molecule has 170 valence electrons. The molecule has 3 rings (SSSR count). The molecule has 2 aromatic carbocycles. The second kappa shape index (κ2) is 10.8. The van der Waals surface area contributed by atoms with Crippen molar-refractivity contribution in [2.24, 2.45) is 5.92 Å². The Kier molecular flexibility index (Phi) is 7.83. The van der Waals surface area contributed by atoms with Crippen LogP contribution in [0.1, 0.15) is 31.7 Å². The van der Waals surface area contributed by atoms with Gasteiger partial charge in [0, 0.05) is 37.1 Å². The Balaban J connectivity index is 1.60. The van der Waals surface area contributed by atoms with Gasteiger partial charge in [0.2, 0.25) is 11.8 Å². The number of anilines is 3. The van der Waals surface area contributed by atoms with Gasteiger partial charge < -0.3 is 19.7 Å². The number of hydrogen-bond acceptors (Lipinski definition) is 5. The molecule has 3 amide bonds. The van der Waals surface area contributed by atoms with Crippen LogP contribution in [0.5, 0.6) is 0 Å². The monoisotopic (exact) mass is 439 g/mol. The minimum atomic E-state index is -0.605. The summed E-state index contributed by atoms with van der Waals surface area (Å²) in [5.41, 5.74) is 2.97. The SMILES string of the molecule is COCCOC(=O)Nc1cccc(NC(=O)C2CC(=O)N(c3cccc(C(C)C)c3)C2)c1. The first-order valence-corrected chi connectivity index (χ1v) is 10.6. The van der Waals surface area contributed by atoms with Crippen molar-refractivity contribution in [1.29, 1.82) is 0 Å². The lowest BCUT2D eigenvalue weighted by Gasteiger charge is -2.18. The number of amides is 3. The van der Waals surface area contributed by atoms with Crippen molar-refractivity contribution in [2.75, 3.05) is 42.4 Å². The quantitative estimate of drug-likeness (QED) is 0.606. The van der Waals surface area contributed by atoms with Gasteiger partial charge in [-0.3, -0.25) is 14.9 Å². The molecule has 1 unspecified atom stereocenters. The van der Waals surface area contributed by atoms with E-state index in [4.69, 9.17) is 9.47 Å². The number of rotatable bonds is 8. The average Bonchev–Trinajstić information content (AvgIpc) is 3.16. The molecule has 1 fully saturated rings. The van der Waals surface area contributed by atoms with E-state index in [2.05, 4.69) is 24.5 Å². The third-order valence-corrected chi connectivity index (χ3v) is 5.24. The van der Waals surface area contributed by atoms with Gasteiger partial charge in [-0.1, -0.05) is 32.0 Å². The van der Waals surface area contributed by atoms with E-state index in [1.807, 2.05) is 24.3 Å². The summed E-state index contributed by atoms with van der Waals surface area (Å²) in [7, 11) is 1.52. The second-order valence-corrected chi connectivity index (χ2v) is 7.98. The van der Waals surface area contributed by atoms with Crippen molar-refractivity contribution >= 4 is 35.0 Å². The van der Waals surface area contributed by atoms with E-state index in [0.717, 1.165) is 11.3 Å². The van der Waals surface area contributed by atoms with Gasteiger partial charge >= 0.3 is 6.09 Å². The molecule has 2 N–H and O–H groups in total. The van der Waals surface area contributed by atoms with E-state index >= 15 is 0 Å². The van der Waals surface area contributed by atoms with E-state index in [0.29, 0.717) is 30.4 Å². The van der Waals surface area contributed by atoms with Gasteiger partial charge in [-0.25, -0.2) is 4.79 Å². The van der Waals surface area contributed by atoms with Crippen LogP contribution in [0.25, 0.3) is 0 Å². The number of carbonyl (C=O) groups excluding carboxylic acids is 3. The smallest absolute Gasteiger partial charge is 0.411 e. The summed E-state index contributed by atoms with van der Waals surface area (Å²) in [6.07, 6.45) is -0.451. The first-order chi connectivity index (χ1) is 15.4. The molecular weight excluding hydrogens is 410 g/mol. The zero-order valence-electron chi connectivity index (χ0n) is 18.6. The summed E-state index contributed by atoms with van der Waals surface area (Å²) >= 11 is 0. The number of methoxy groups -OCH3 is 1. The zero-order chi connectivity index (χ0) is 23.1. The molecule has 1 heterocycles. The van der Waals surface area contributed by atoms with Crippen molar-refractivity contribution in [3.05, 3.63) is 54.1 Å². The van der Waals surface area contributed by atoms with Gasteiger partial charge in [-0.2, -0.15) is 0 Å². The minimum Gasteiger partial charge on any atom is -0.447 e. The fourth-order valence-electron chi connectivity index (χ4n) is 3.48. The topological polar surface area (TPSA) is 97.0 Å². The van der Waals surface area contributed by atoms with Gasteiger partial charge in [0.1, 0.15) is 6.61 Å². The van der Waals surface area contributed by atoms with Gasteiger partial charge in [0.15, 0.2) is 0 Å². The Bertz CT molecular complexity index is 976. The van der Waals surface area contributed by atoms with E-state index in [9.17, 15) is 14.4 Å². The predicted octanol–water partition coefficient (Wildman–Crippen LogP) is 4.00. The van der Waals surface area contributed by atoms with E-state index in [-0.39, 0.29) is 24.8 Å². The summed E-state index contributed by atoms with van der Waals surface area (Å²) in [5, 5.41) is 5.45. The first-order valence-electron chi connectivity index (χ1n) is 10.6. The summed E-state index contributed by atoms with van der Waals surface area (Å²) in [6.45, 7) is 4.98. The lowest BCUT2D eigenvalue weighted by Crippen LogP contribution is -2.28. The highest BCUT2D eigenvalue weighted by molar-refractivity contribution is 6.03. The summed E-state index contributed by atoms with van der Waals surface area (Å²) in [5.74, 6) is -0.410. The Morgan fingerprint density at radius 1 is 1.06 bits per heavy atom. The molecule has 1 aliphatic heterocycles. The first kappa shape index (κ1) is 23.3. The molecule has 8 heteroatoms. The maximum atomic E-state index is 12.8. The molecule has 0 spiro atoms. The molecule has 0 radical (unpaired) electrons. The minimum absolute atomic E-state index is 0.0692. The van der Waals surface area contributed by atoms with Crippen LogP contribution in [0.3, 0.4) is 0 Å². The van der Waals surface area contributed by atoms with Crippen LogP contribution in [-0.2, 0) is 19.1 Å². The third kappa shape index (κ3) is 6.07. The fourth-order valence-corrected chi connectivity index (χ4v) is 3.48. The third-order valence-electron chi connectivity index (χ3n) is 5.24. The molecule has 0 aromatic heterocycles. The molecule has 32 heavy (non-hydrogen) atoms. The Morgan fingerprint density at radius 3 is 2.50 bits per heavy atom. The number of hydrogen-bond donors (Lipinski definition) is 2. The average molecular weight is 440 g/mol. The Morgan fingerprint density at radius 2 is 1.78 bits per heavy atom. The van der Waals surface area contributed by atoms with Crippen molar-refractivity contribution in [2.45, 2.75) is 26.2 Å². The van der Waals surface area contributed by atoms with E-state index in [1.54, 1.807) is 29.2 Å². The van der Waals surface area contributed by atoms with Gasteiger partial charge in [-0.15, -0.1) is 0 Å². The van der Waals surface area contributed by atoms with Crippen LogP contribution in [0.2, 0.25) is 0 Å². The Hall–Kier alpha value is -3.39. The lowest BCUT2D eigenvalue weighted by molar-refractivity contribution is -0.122. The molecule has 0 aliphatic carbocycles. The summed E-state index contributed by atoms with van der Waals surface area (Å²) < 4.78 is 9.81. The van der Waals surface area contributed by atoms with Gasteiger partial charge in [-0.05, 0) is 41.8 Å². The summed E-state index contributed by atoms with van der Waals surface area (Å²) in [6, 6.07) is 14.6. The van der Waals surface area contributed by atoms with Crippen LogP contribution < -0.4 is 15.5 Å². The highest BCUT2D eigenvalue weighted by Gasteiger charge is 2.35. The zero-order valence-corrected chi connectivity index (χ0v) is 18.6. The maximum absolute atomic E-state index is 12.8. The lowest BCUT2D eigenvalue weighted by atomic mass is 10.0. The number of ether oxygens (including phenoxy) is 2. The molecule has 1 aliphatic rings. The van der Waals surface area contributed by atoms with Crippen molar-refractivity contribution in [1.82, 2.24) is 0 Å². The number of carbonyl (C=O) groups is 3. The number of benzene rings is 2. The van der Waals surface area contributed by atoms with Gasteiger partial charge in [0.25, 0.3) is 0 Å². The molecule has 1 saturated heterocycles. The highest BCUT2D eigenvalue weighted by Crippen LogP contribution is 2.28. The van der Waals surface area contributed by atoms with Crippen molar-refractivity contribution in [3.8, 4) is 0 Å². The normalized spacial score (nSPS) is 15.7. The number of nitrogens with zero attached hydrogens (tertiary/aromatic N) is 1. The van der Waals surface area contributed by atoms with E-state index < -0.39 is 12.0 Å².